The van der Waals surface area contributed by atoms with E-state index in [0.717, 1.165) is 10.6 Å². The molecule has 0 saturated heterocycles. The standard InChI is InChI=1S/C17H13FN2O4/c1-2-24-17(23)13-14(21)12-7-4-8-19-15(12)20(16(13)22)11-6-3-5-10(18)9-11/h3-9,21H,2H2,1H3. The Balaban J connectivity index is 2.44. The summed E-state index contributed by atoms with van der Waals surface area (Å²) in [6.07, 6.45) is 1.43. The number of halogens is 1. The van der Waals surface area contributed by atoms with Crippen molar-refractivity contribution in [2.45, 2.75) is 6.92 Å². The third-order valence-corrected chi connectivity index (χ3v) is 3.45. The van der Waals surface area contributed by atoms with Crippen molar-refractivity contribution in [1.29, 1.82) is 0 Å². The summed E-state index contributed by atoms with van der Waals surface area (Å²) >= 11 is 0. The number of esters is 1. The fraction of sp³-hybridized carbons (Fsp3) is 0.118. The van der Waals surface area contributed by atoms with E-state index in [1.165, 1.54) is 30.5 Å². The maximum atomic E-state index is 13.6. The molecule has 7 heteroatoms. The SMILES string of the molecule is CCOC(=O)c1c(O)c2cccnc2n(-c2cccc(F)c2)c1=O. The number of fused-ring (bicyclic) bond motifs is 1. The molecule has 3 aromatic rings. The molecule has 6 nitrogen and oxygen atoms in total. The average molecular weight is 328 g/mol. The number of rotatable bonds is 3. The van der Waals surface area contributed by atoms with Gasteiger partial charge in [-0.25, -0.2) is 14.2 Å². The number of aromatic hydroxyl groups is 1. The summed E-state index contributed by atoms with van der Waals surface area (Å²) in [4.78, 5) is 28.9. The van der Waals surface area contributed by atoms with Gasteiger partial charge in [0.15, 0.2) is 11.2 Å². The first-order valence-electron chi connectivity index (χ1n) is 7.20. The molecule has 0 aliphatic carbocycles. The van der Waals surface area contributed by atoms with Crippen LogP contribution in [0.4, 0.5) is 4.39 Å². The Morgan fingerprint density at radius 2 is 2.12 bits per heavy atom. The van der Waals surface area contributed by atoms with E-state index in [0.29, 0.717) is 0 Å². The van der Waals surface area contributed by atoms with Gasteiger partial charge in [-0.3, -0.25) is 9.36 Å². The first-order valence-corrected chi connectivity index (χ1v) is 7.20. The zero-order chi connectivity index (χ0) is 17.3. The number of nitrogens with zero attached hydrogens (tertiary/aromatic N) is 2. The van der Waals surface area contributed by atoms with Crippen molar-refractivity contribution in [1.82, 2.24) is 9.55 Å². The van der Waals surface area contributed by atoms with Gasteiger partial charge in [-0.1, -0.05) is 6.07 Å². The molecule has 0 unspecified atom stereocenters. The molecule has 0 aliphatic heterocycles. The van der Waals surface area contributed by atoms with E-state index in [1.807, 2.05) is 0 Å². The van der Waals surface area contributed by atoms with Gasteiger partial charge in [0.1, 0.15) is 11.6 Å². The van der Waals surface area contributed by atoms with Crippen molar-refractivity contribution in [3.8, 4) is 11.4 Å². The zero-order valence-corrected chi connectivity index (χ0v) is 12.7. The van der Waals surface area contributed by atoms with Crippen LogP contribution in [-0.2, 0) is 4.74 Å². The summed E-state index contributed by atoms with van der Waals surface area (Å²) in [6, 6.07) is 8.37. The Labute approximate surface area is 135 Å². The molecule has 1 aromatic carbocycles. The number of hydrogen-bond acceptors (Lipinski definition) is 5. The molecule has 0 saturated carbocycles. The molecule has 0 atom stereocenters. The second-order valence-electron chi connectivity index (χ2n) is 4.94. The molecular weight excluding hydrogens is 315 g/mol. The van der Waals surface area contributed by atoms with Crippen molar-refractivity contribution in [2.24, 2.45) is 0 Å². The van der Waals surface area contributed by atoms with Gasteiger partial charge in [-0.2, -0.15) is 0 Å². The number of aromatic nitrogens is 2. The van der Waals surface area contributed by atoms with Crippen molar-refractivity contribution in [3.63, 3.8) is 0 Å². The predicted octanol–water partition coefficient (Wildman–Crippen LogP) is 2.41. The van der Waals surface area contributed by atoms with Crippen LogP contribution in [0.5, 0.6) is 5.75 Å². The van der Waals surface area contributed by atoms with Crippen molar-refractivity contribution in [2.75, 3.05) is 6.61 Å². The maximum absolute atomic E-state index is 13.6. The van der Waals surface area contributed by atoms with Crippen LogP contribution in [0.1, 0.15) is 17.3 Å². The minimum Gasteiger partial charge on any atom is -0.506 e. The van der Waals surface area contributed by atoms with E-state index >= 15 is 0 Å². The predicted molar refractivity (Wildman–Crippen MR) is 84.9 cm³/mol. The van der Waals surface area contributed by atoms with E-state index < -0.39 is 28.7 Å². The molecule has 0 spiro atoms. The maximum Gasteiger partial charge on any atom is 0.347 e. The van der Waals surface area contributed by atoms with Crippen LogP contribution in [0.3, 0.4) is 0 Å². The third-order valence-electron chi connectivity index (χ3n) is 3.45. The Morgan fingerprint density at radius 1 is 1.33 bits per heavy atom. The Morgan fingerprint density at radius 3 is 2.83 bits per heavy atom. The Hall–Kier alpha value is -3.22. The third kappa shape index (κ3) is 2.50. The number of ether oxygens (including phenoxy) is 1. The van der Waals surface area contributed by atoms with E-state index in [9.17, 15) is 19.1 Å². The molecule has 1 N–H and O–H groups in total. The lowest BCUT2D eigenvalue weighted by molar-refractivity contribution is 0.0521. The lowest BCUT2D eigenvalue weighted by Crippen LogP contribution is -2.27. The first kappa shape index (κ1) is 15.7. The van der Waals surface area contributed by atoms with Crippen LogP contribution in [-0.4, -0.2) is 27.2 Å². The van der Waals surface area contributed by atoms with Crippen LogP contribution in [0, 0.1) is 5.82 Å². The van der Waals surface area contributed by atoms with Gasteiger partial charge < -0.3 is 9.84 Å². The number of hydrogen-bond donors (Lipinski definition) is 1. The molecule has 0 fully saturated rings. The van der Waals surface area contributed by atoms with Crippen molar-refractivity contribution in [3.05, 3.63) is 64.3 Å². The molecule has 2 aromatic heterocycles. The van der Waals surface area contributed by atoms with Gasteiger partial charge in [0.05, 0.1) is 17.7 Å². The summed E-state index contributed by atoms with van der Waals surface area (Å²) in [5, 5.41) is 10.5. The molecule has 24 heavy (non-hydrogen) atoms. The second-order valence-corrected chi connectivity index (χ2v) is 4.94. The average Bonchev–Trinajstić information content (AvgIpc) is 2.55. The minimum atomic E-state index is -0.948. The van der Waals surface area contributed by atoms with Crippen LogP contribution in [0.25, 0.3) is 16.7 Å². The van der Waals surface area contributed by atoms with E-state index in [1.54, 1.807) is 13.0 Å². The number of carbonyl (C=O) groups excluding carboxylic acids is 1. The molecule has 0 aliphatic rings. The Bertz CT molecular complexity index is 998. The van der Waals surface area contributed by atoms with Gasteiger partial charge >= 0.3 is 5.97 Å². The highest BCUT2D eigenvalue weighted by atomic mass is 19.1. The highest BCUT2D eigenvalue weighted by molar-refractivity contribution is 5.99. The number of pyridine rings is 2. The van der Waals surface area contributed by atoms with Gasteiger partial charge in [-0.15, -0.1) is 0 Å². The molecule has 0 amide bonds. The van der Waals surface area contributed by atoms with E-state index in [2.05, 4.69) is 4.98 Å². The lowest BCUT2D eigenvalue weighted by Gasteiger charge is -2.13. The van der Waals surface area contributed by atoms with Gasteiger partial charge in [0.25, 0.3) is 5.56 Å². The highest BCUT2D eigenvalue weighted by Crippen LogP contribution is 2.27. The van der Waals surface area contributed by atoms with Crippen LogP contribution < -0.4 is 5.56 Å². The molecule has 122 valence electrons. The van der Waals surface area contributed by atoms with Crippen LogP contribution in [0.15, 0.2) is 47.4 Å². The Kier molecular flexibility index (Phi) is 3.99. The molecule has 3 rings (SSSR count). The molecule has 0 bridgehead atoms. The lowest BCUT2D eigenvalue weighted by atomic mass is 10.1. The fourth-order valence-corrected chi connectivity index (χ4v) is 2.45. The van der Waals surface area contributed by atoms with Gasteiger partial charge in [0, 0.05) is 6.20 Å². The normalized spacial score (nSPS) is 10.8. The quantitative estimate of drug-likeness (QED) is 0.747. The van der Waals surface area contributed by atoms with Crippen molar-refractivity contribution < 1.29 is 19.0 Å². The summed E-state index contributed by atoms with van der Waals surface area (Å²) in [5.74, 6) is -2.00. The summed E-state index contributed by atoms with van der Waals surface area (Å²) in [5.41, 5.74) is -1.04. The molecular formula is C17H13FN2O4. The van der Waals surface area contributed by atoms with E-state index in [4.69, 9.17) is 4.74 Å². The largest absolute Gasteiger partial charge is 0.506 e. The molecule has 2 heterocycles. The monoisotopic (exact) mass is 328 g/mol. The van der Waals surface area contributed by atoms with Gasteiger partial charge in [-0.05, 0) is 37.3 Å². The summed E-state index contributed by atoms with van der Waals surface area (Å²) in [6.45, 7) is 1.63. The number of carbonyl (C=O) groups is 1. The van der Waals surface area contributed by atoms with Crippen LogP contribution >= 0.6 is 0 Å². The van der Waals surface area contributed by atoms with Crippen LogP contribution in [0.2, 0.25) is 0 Å². The highest BCUT2D eigenvalue weighted by Gasteiger charge is 2.24. The summed E-state index contributed by atoms with van der Waals surface area (Å²) in [7, 11) is 0. The fourth-order valence-electron chi connectivity index (χ4n) is 2.45. The summed E-state index contributed by atoms with van der Waals surface area (Å²) < 4.78 is 19.5. The van der Waals surface area contributed by atoms with Gasteiger partial charge in [0.2, 0.25) is 0 Å². The number of benzene rings is 1. The second kappa shape index (κ2) is 6.11. The minimum absolute atomic E-state index is 0.0444. The van der Waals surface area contributed by atoms with E-state index in [-0.39, 0.29) is 23.3 Å². The molecule has 0 radical (unpaired) electrons. The topological polar surface area (TPSA) is 81.4 Å². The smallest absolute Gasteiger partial charge is 0.347 e. The zero-order valence-electron chi connectivity index (χ0n) is 12.7. The van der Waals surface area contributed by atoms with Crippen molar-refractivity contribution >= 4 is 17.0 Å². The first-order chi connectivity index (χ1) is 11.5.